The first-order chi connectivity index (χ1) is 13.2. The first-order valence-corrected chi connectivity index (χ1v) is 9.88. The van der Waals surface area contributed by atoms with E-state index in [9.17, 15) is 4.79 Å². The number of hydrogen-bond donors (Lipinski definition) is 1. The molecular formula is C19H22N4O3S. The lowest BCUT2D eigenvalue weighted by atomic mass is 10.1. The number of carbonyl (C=O) groups excluding carboxylic acids is 1. The lowest BCUT2D eigenvalue weighted by Gasteiger charge is -2.17. The highest BCUT2D eigenvalue weighted by molar-refractivity contribution is 7.98. The quantitative estimate of drug-likeness (QED) is 0.641. The molecule has 0 aliphatic rings. The lowest BCUT2D eigenvalue weighted by Crippen LogP contribution is -2.30. The van der Waals surface area contributed by atoms with Crippen molar-refractivity contribution in [2.45, 2.75) is 12.5 Å². The Hall–Kier alpha value is -2.74. The maximum atomic E-state index is 12.9. The van der Waals surface area contributed by atoms with E-state index in [1.54, 1.807) is 44.2 Å². The van der Waals surface area contributed by atoms with Crippen LogP contribution < -0.4 is 14.8 Å². The predicted molar refractivity (Wildman–Crippen MR) is 106 cm³/mol. The zero-order valence-electron chi connectivity index (χ0n) is 15.5. The summed E-state index contributed by atoms with van der Waals surface area (Å²) in [6, 6.07) is 10.5. The molecule has 3 rings (SSSR count). The average Bonchev–Trinajstić information content (AvgIpc) is 3.14. The number of amides is 1. The topological polar surface area (TPSA) is 77.8 Å². The van der Waals surface area contributed by atoms with Crippen LogP contribution in [0.1, 0.15) is 28.6 Å². The maximum Gasteiger partial charge on any atom is 0.252 e. The molecule has 0 saturated carbocycles. The zero-order valence-corrected chi connectivity index (χ0v) is 16.3. The highest BCUT2D eigenvalue weighted by atomic mass is 32.2. The zero-order chi connectivity index (χ0) is 19.2. The number of benzene rings is 1. The molecule has 8 heteroatoms. The van der Waals surface area contributed by atoms with Crippen LogP contribution in [0, 0.1) is 0 Å². The molecule has 0 spiro atoms. The summed E-state index contributed by atoms with van der Waals surface area (Å²) >= 11 is 1.72. The predicted octanol–water partition coefficient (Wildman–Crippen LogP) is 2.97. The standard InChI is InChI=1S/C19H22N4O3S/c1-25-14-10-13(11-15(12-14)26-2)19(24)20-16(7-9-27-3)18-22-21-17-6-4-5-8-23(17)18/h4-6,8,10-12,16H,7,9H2,1-3H3,(H,20,24). The maximum absolute atomic E-state index is 12.9. The Morgan fingerprint density at radius 1 is 1.19 bits per heavy atom. The second-order valence-electron chi connectivity index (χ2n) is 5.90. The summed E-state index contributed by atoms with van der Waals surface area (Å²) in [5.74, 6) is 2.50. The van der Waals surface area contributed by atoms with Gasteiger partial charge in [-0.05, 0) is 42.7 Å². The monoisotopic (exact) mass is 386 g/mol. The molecule has 3 aromatic rings. The summed E-state index contributed by atoms with van der Waals surface area (Å²) in [6.07, 6.45) is 4.68. The number of ether oxygens (including phenoxy) is 2. The van der Waals surface area contributed by atoms with Gasteiger partial charge in [-0.1, -0.05) is 6.07 Å². The Bertz CT molecular complexity index is 906. The van der Waals surface area contributed by atoms with E-state index in [1.807, 2.05) is 35.1 Å². The third kappa shape index (κ3) is 4.33. The molecule has 1 N–H and O–H groups in total. The molecule has 2 heterocycles. The molecule has 1 aromatic carbocycles. The van der Waals surface area contributed by atoms with Gasteiger partial charge >= 0.3 is 0 Å². The third-order valence-electron chi connectivity index (χ3n) is 4.18. The Morgan fingerprint density at radius 2 is 1.93 bits per heavy atom. The fourth-order valence-electron chi connectivity index (χ4n) is 2.78. The van der Waals surface area contributed by atoms with Gasteiger partial charge in [-0.15, -0.1) is 10.2 Å². The second-order valence-corrected chi connectivity index (χ2v) is 6.88. The van der Waals surface area contributed by atoms with Crippen LogP contribution >= 0.6 is 11.8 Å². The Kier molecular flexibility index (Phi) is 6.18. The number of rotatable bonds is 8. The molecular weight excluding hydrogens is 364 g/mol. The summed E-state index contributed by atoms with van der Waals surface area (Å²) in [6.45, 7) is 0. The van der Waals surface area contributed by atoms with Gasteiger partial charge in [-0.25, -0.2) is 0 Å². The Morgan fingerprint density at radius 3 is 2.59 bits per heavy atom. The molecule has 1 atom stereocenters. The number of fused-ring (bicyclic) bond motifs is 1. The minimum Gasteiger partial charge on any atom is -0.497 e. The highest BCUT2D eigenvalue weighted by Crippen LogP contribution is 2.24. The van der Waals surface area contributed by atoms with Crippen LogP contribution in [0.3, 0.4) is 0 Å². The Labute approximate surface area is 162 Å². The van der Waals surface area contributed by atoms with Gasteiger partial charge in [0.2, 0.25) is 0 Å². The van der Waals surface area contributed by atoms with E-state index in [4.69, 9.17) is 9.47 Å². The number of thioether (sulfide) groups is 1. The summed E-state index contributed by atoms with van der Waals surface area (Å²) in [7, 11) is 3.11. The summed E-state index contributed by atoms with van der Waals surface area (Å²) in [5, 5.41) is 11.6. The molecule has 0 saturated heterocycles. The molecule has 142 valence electrons. The van der Waals surface area contributed by atoms with Gasteiger partial charge in [0.15, 0.2) is 11.5 Å². The van der Waals surface area contributed by atoms with Crippen molar-refractivity contribution in [2.75, 3.05) is 26.2 Å². The minimum absolute atomic E-state index is 0.217. The Balaban J connectivity index is 1.89. The van der Waals surface area contributed by atoms with E-state index in [-0.39, 0.29) is 11.9 Å². The molecule has 0 bridgehead atoms. The van der Waals surface area contributed by atoms with Crippen molar-refractivity contribution in [1.29, 1.82) is 0 Å². The lowest BCUT2D eigenvalue weighted by molar-refractivity contribution is 0.0933. The van der Waals surface area contributed by atoms with E-state index in [2.05, 4.69) is 15.5 Å². The van der Waals surface area contributed by atoms with Gasteiger partial charge in [-0.2, -0.15) is 11.8 Å². The van der Waals surface area contributed by atoms with Crippen LogP contribution in [-0.2, 0) is 0 Å². The van der Waals surface area contributed by atoms with Gasteiger partial charge in [0, 0.05) is 17.8 Å². The number of aromatic nitrogens is 3. The number of carbonyl (C=O) groups is 1. The summed E-state index contributed by atoms with van der Waals surface area (Å²) in [4.78, 5) is 12.9. The van der Waals surface area contributed by atoms with Gasteiger partial charge in [-0.3, -0.25) is 9.20 Å². The third-order valence-corrected chi connectivity index (χ3v) is 4.83. The van der Waals surface area contributed by atoms with Crippen LogP contribution in [0.5, 0.6) is 11.5 Å². The highest BCUT2D eigenvalue weighted by Gasteiger charge is 2.21. The van der Waals surface area contributed by atoms with E-state index in [0.717, 1.165) is 17.8 Å². The van der Waals surface area contributed by atoms with Crippen molar-refractivity contribution in [1.82, 2.24) is 19.9 Å². The van der Waals surface area contributed by atoms with E-state index < -0.39 is 0 Å². The first-order valence-electron chi connectivity index (χ1n) is 8.48. The average molecular weight is 386 g/mol. The fraction of sp³-hybridized carbons (Fsp3) is 0.316. The molecule has 1 unspecified atom stereocenters. The van der Waals surface area contributed by atoms with Crippen molar-refractivity contribution in [3.05, 3.63) is 54.0 Å². The number of nitrogens with zero attached hydrogens (tertiary/aromatic N) is 3. The molecule has 0 fully saturated rings. The molecule has 0 aliphatic carbocycles. The molecule has 0 radical (unpaired) electrons. The van der Waals surface area contributed by atoms with E-state index >= 15 is 0 Å². The van der Waals surface area contributed by atoms with Crippen molar-refractivity contribution >= 4 is 23.3 Å². The van der Waals surface area contributed by atoms with Crippen molar-refractivity contribution in [2.24, 2.45) is 0 Å². The molecule has 2 aromatic heterocycles. The first kappa shape index (κ1) is 19.0. The number of pyridine rings is 1. The molecule has 7 nitrogen and oxygen atoms in total. The van der Waals surface area contributed by atoms with Crippen LogP contribution in [-0.4, -0.2) is 46.7 Å². The van der Waals surface area contributed by atoms with Crippen LogP contribution in [0.15, 0.2) is 42.6 Å². The van der Waals surface area contributed by atoms with E-state index in [0.29, 0.717) is 22.9 Å². The smallest absolute Gasteiger partial charge is 0.252 e. The number of methoxy groups -OCH3 is 2. The van der Waals surface area contributed by atoms with Gasteiger partial charge in [0.05, 0.1) is 20.3 Å². The van der Waals surface area contributed by atoms with Gasteiger partial charge in [0.25, 0.3) is 5.91 Å². The minimum atomic E-state index is -0.264. The van der Waals surface area contributed by atoms with Crippen LogP contribution in [0.4, 0.5) is 0 Å². The van der Waals surface area contributed by atoms with Gasteiger partial charge in [0.1, 0.15) is 11.5 Å². The van der Waals surface area contributed by atoms with Crippen LogP contribution in [0.25, 0.3) is 5.65 Å². The second kappa shape index (κ2) is 8.77. The molecule has 0 aliphatic heterocycles. The van der Waals surface area contributed by atoms with Crippen molar-refractivity contribution in [3.63, 3.8) is 0 Å². The normalized spacial score (nSPS) is 12.0. The van der Waals surface area contributed by atoms with Crippen LogP contribution in [0.2, 0.25) is 0 Å². The SMILES string of the molecule is COc1cc(OC)cc(C(=O)NC(CCSC)c2nnc3ccccn23)c1. The number of hydrogen-bond acceptors (Lipinski definition) is 6. The van der Waals surface area contributed by atoms with Crippen molar-refractivity contribution < 1.29 is 14.3 Å². The number of nitrogens with one attached hydrogen (secondary N) is 1. The molecule has 27 heavy (non-hydrogen) atoms. The summed E-state index contributed by atoms with van der Waals surface area (Å²) < 4.78 is 12.4. The molecule has 1 amide bonds. The van der Waals surface area contributed by atoms with E-state index in [1.165, 1.54) is 0 Å². The fourth-order valence-corrected chi connectivity index (χ4v) is 3.25. The van der Waals surface area contributed by atoms with Gasteiger partial charge < -0.3 is 14.8 Å². The largest absolute Gasteiger partial charge is 0.497 e. The van der Waals surface area contributed by atoms with Crippen molar-refractivity contribution in [3.8, 4) is 11.5 Å². The summed E-state index contributed by atoms with van der Waals surface area (Å²) in [5.41, 5.74) is 1.22.